The largest absolute Gasteiger partial charge is 0.347 e. The number of rotatable bonds is 2. The Morgan fingerprint density at radius 3 is 2.64 bits per heavy atom. The van der Waals surface area contributed by atoms with Crippen LogP contribution in [0.25, 0.3) is 0 Å². The number of halogens is 2. The van der Waals surface area contributed by atoms with E-state index in [4.69, 9.17) is 5.10 Å². The van der Waals surface area contributed by atoms with E-state index >= 15 is 0 Å². The summed E-state index contributed by atoms with van der Waals surface area (Å²) in [5.74, 6) is 2.14. The van der Waals surface area contributed by atoms with Crippen molar-refractivity contribution in [2.75, 3.05) is 0 Å². The van der Waals surface area contributed by atoms with Crippen molar-refractivity contribution in [3.8, 4) is 6.07 Å². The summed E-state index contributed by atoms with van der Waals surface area (Å²) in [4.78, 5) is 13.4. The first kappa shape index (κ1) is 14.5. The lowest BCUT2D eigenvalue weighted by Crippen LogP contribution is -3.07. The highest BCUT2D eigenvalue weighted by Crippen LogP contribution is 3.04. The first-order valence-corrected chi connectivity index (χ1v) is 10.1. The van der Waals surface area contributed by atoms with Crippen molar-refractivity contribution in [2.24, 2.45) is 40.9 Å². The predicted octanol–water partition coefficient (Wildman–Crippen LogP) is 2.22. The molecule has 1 aromatic carbocycles. The molecule has 0 N–H and O–H groups in total. The molecule has 2 heterocycles. The SMILES string of the molecule is N#CC1C2C3C4CC15C4C3(n1nc3n(c1=O)[C@H](c1cc(F)cc(F)c1)CC3)C25. The summed E-state index contributed by atoms with van der Waals surface area (Å²) in [5, 5.41) is 14.3. The van der Waals surface area contributed by atoms with E-state index in [1.807, 2.05) is 0 Å². The summed E-state index contributed by atoms with van der Waals surface area (Å²) >= 11 is 0. The molecule has 0 radical (unpaired) electrons. The van der Waals surface area contributed by atoms with Crippen LogP contribution in [-0.2, 0) is 12.0 Å². The van der Waals surface area contributed by atoms with Crippen molar-refractivity contribution < 1.29 is 8.78 Å². The number of hydrogen-bond acceptors (Lipinski definition) is 3. The van der Waals surface area contributed by atoms with E-state index in [0.29, 0.717) is 48.0 Å². The fourth-order valence-electron chi connectivity index (χ4n) is 9.23. The molecule has 0 amide bonds. The molecule has 1 spiro atoms. The van der Waals surface area contributed by atoms with Crippen LogP contribution in [0.1, 0.15) is 30.3 Å². The molecule has 5 nitrogen and oxygen atoms in total. The molecule has 140 valence electrons. The molecule has 5 aliphatic carbocycles. The summed E-state index contributed by atoms with van der Waals surface area (Å²) in [6.07, 6.45) is 2.44. The van der Waals surface area contributed by atoms with Crippen LogP contribution in [0.5, 0.6) is 0 Å². The molecule has 5 fully saturated rings. The minimum atomic E-state index is -0.622. The van der Waals surface area contributed by atoms with E-state index in [2.05, 4.69) is 6.07 Å². The van der Waals surface area contributed by atoms with Crippen molar-refractivity contribution in [3.63, 3.8) is 0 Å². The van der Waals surface area contributed by atoms with E-state index in [1.54, 1.807) is 9.25 Å². The van der Waals surface area contributed by atoms with Crippen LogP contribution in [0.3, 0.4) is 0 Å². The maximum absolute atomic E-state index is 13.7. The van der Waals surface area contributed by atoms with Crippen molar-refractivity contribution >= 4 is 0 Å². The molecule has 8 rings (SSSR count). The fraction of sp³-hybridized carbons (Fsp3) is 0.571. The van der Waals surface area contributed by atoms with E-state index < -0.39 is 11.6 Å². The second-order valence-electron chi connectivity index (χ2n) is 9.77. The molecule has 1 aliphatic heterocycles. The van der Waals surface area contributed by atoms with Crippen molar-refractivity contribution in [3.05, 3.63) is 51.7 Å². The molecule has 5 saturated carbocycles. The molecular weight excluding hydrogens is 362 g/mol. The molecule has 2 aromatic rings. The van der Waals surface area contributed by atoms with Gasteiger partial charge in [-0.2, -0.15) is 10.4 Å². The molecule has 0 bridgehead atoms. The maximum atomic E-state index is 13.7. The highest BCUT2D eigenvalue weighted by molar-refractivity contribution is 5.54. The lowest BCUT2D eigenvalue weighted by molar-refractivity contribution is -0.588. The van der Waals surface area contributed by atoms with Crippen molar-refractivity contribution in [1.29, 1.82) is 5.26 Å². The van der Waals surface area contributed by atoms with Gasteiger partial charge in [0.05, 0.1) is 23.6 Å². The summed E-state index contributed by atoms with van der Waals surface area (Å²) in [7, 11) is 0. The minimum absolute atomic E-state index is 0.134. The summed E-state index contributed by atoms with van der Waals surface area (Å²) in [5.41, 5.74) is 0.392. The topological polar surface area (TPSA) is 63.6 Å². The zero-order valence-corrected chi connectivity index (χ0v) is 14.8. The van der Waals surface area contributed by atoms with Gasteiger partial charge in [0, 0.05) is 12.5 Å². The second kappa shape index (κ2) is 3.83. The van der Waals surface area contributed by atoms with Gasteiger partial charge in [0.25, 0.3) is 0 Å². The lowest BCUT2D eigenvalue weighted by atomic mass is 8.99. The van der Waals surface area contributed by atoms with Crippen LogP contribution in [0.2, 0.25) is 0 Å². The van der Waals surface area contributed by atoms with Gasteiger partial charge in [0.1, 0.15) is 17.5 Å². The highest BCUT2D eigenvalue weighted by atomic mass is 19.1. The molecule has 9 atom stereocenters. The highest BCUT2D eigenvalue weighted by Gasteiger charge is 3.06. The number of nitriles is 1. The van der Waals surface area contributed by atoms with Gasteiger partial charge >= 0.3 is 5.69 Å². The van der Waals surface area contributed by atoms with Gasteiger partial charge in [0.15, 0.2) is 0 Å². The molecular formula is C21H16F2N4O. The number of aromatic nitrogens is 3. The Morgan fingerprint density at radius 2 is 2.00 bits per heavy atom. The standard InChI is InChI=1S/C21H16F2N4O/c22-9-3-8(4-10(23)5-9)13-1-2-14-25-27(19(28)26(13)14)21-16-11-6-20(17(11)21)12(7-24)15(16)18(20)21/h3-5,11-13,15-18H,1-2,6H2/t11?,12?,13-,15?,16?,17?,18?,20?,21?/m0/s1. The summed E-state index contributed by atoms with van der Waals surface area (Å²) in [6, 6.07) is 5.67. The maximum Gasteiger partial charge on any atom is 0.347 e. The zero-order chi connectivity index (χ0) is 18.7. The predicted molar refractivity (Wildman–Crippen MR) is 90.9 cm³/mol. The van der Waals surface area contributed by atoms with E-state index in [-0.39, 0.29) is 28.6 Å². The first-order chi connectivity index (χ1) is 13.5. The Bertz CT molecular complexity index is 1200. The van der Waals surface area contributed by atoms with E-state index in [1.165, 1.54) is 12.1 Å². The van der Waals surface area contributed by atoms with E-state index in [0.717, 1.165) is 18.3 Å². The Balaban J connectivity index is 1.24. The van der Waals surface area contributed by atoms with E-state index in [9.17, 15) is 18.8 Å². The first-order valence-electron chi connectivity index (χ1n) is 10.1. The van der Waals surface area contributed by atoms with Crippen molar-refractivity contribution in [2.45, 2.75) is 30.8 Å². The second-order valence-corrected chi connectivity index (χ2v) is 9.77. The van der Waals surface area contributed by atoms with Gasteiger partial charge in [-0.05, 0) is 65.5 Å². The molecule has 8 unspecified atom stereocenters. The molecule has 6 aliphatic rings. The molecule has 0 saturated heterocycles. The number of nitrogens with zero attached hydrogens (tertiary/aromatic N) is 4. The monoisotopic (exact) mass is 378 g/mol. The Labute approximate surface area is 158 Å². The van der Waals surface area contributed by atoms with Gasteiger partial charge in [-0.1, -0.05) is 0 Å². The molecule has 1 aromatic heterocycles. The fourth-order valence-corrected chi connectivity index (χ4v) is 9.23. The number of aryl methyl sites for hydroxylation is 1. The van der Waals surface area contributed by atoms with Crippen LogP contribution in [0, 0.1) is 63.9 Å². The average Bonchev–Trinajstić information content (AvgIpc) is 3.20. The smallest absolute Gasteiger partial charge is 0.271 e. The van der Waals surface area contributed by atoms with Crippen LogP contribution in [-0.4, -0.2) is 14.3 Å². The Morgan fingerprint density at radius 1 is 1.21 bits per heavy atom. The number of fused-ring (bicyclic) bond motifs is 3. The van der Waals surface area contributed by atoms with Gasteiger partial charge in [0.2, 0.25) is 0 Å². The average molecular weight is 378 g/mol. The third-order valence-electron chi connectivity index (χ3n) is 9.54. The van der Waals surface area contributed by atoms with Crippen LogP contribution in [0.4, 0.5) is 8.78 Å². The van der Waals surface area contributed by atoms with Crippen molar-refractivity contribution in [1.82, 2.24) is 14.3 Å². The zero-order valence-electron chi connectivity index (χ0n) is 14.8. The minimum Gasteiger partial charge on any atom is -0.271 e. The van der Waals surface area contributed by atoms with Crippen LogP contribution < -0.4 is 5.69 Å². The molecule has 28 heavy (non-hydrogen) atoms. The van der Waals surface area contributed by atoms with Gasteiger partial charge in [-0.15, -0.1) is 0 Å². The van der Waals surface area contributed by atoms with Crippen LogP contribution >= 0.6 is 0 Å². The third kappa shape index (κ3) is 1.03. The number of hydrogen-bond donors (Lipinski definition) is 0. The van der Waals surface area contributed by atoms with Gasteiger partial charge in [-0.25, -0.2) is 18.3 Å². The quantitative estimate of drug-likeness (QED) is 0.805. The number of benzene rings is 1. The summed E-state index contributed by atoms with van der Waals surface area (Å²) in [6.45, 7) is 0. The van der Waals surface area contributed by atoms with Gasteiger partial charge in [-0.3, -0.25) is 4.57 Å². The Kier molecular flexibility index (Phi) is 1.98. The third-order valence-corrected chi connectivity index (χ3v) is 9.54. The molecule has 7 heteroatoms. The lowest BCUT2D eigenvalue weighted by Gasteiger charge is -3.05. The Hall–Kier alpha value is -2.49. The van der Waals surface area contributed by atoms with Crippen LogP contribution in [0.15, 0.2) is 23.0 Å². The summed E-state index contributed by atoms with van der Waals surface area (Å²) < 4.78 is 30.8. The normalized spacial score (nSPS) is 49.4. The van der Waals surface area contributed by atoms with Gasteiger partial charge < -0.3 is 0 Å².